The van der Waals surface area contributed by atoms with Crippen LogP contribution in [0.15, 0.2) is 88.1 Å². The Balaban J connectivity index is 1.65. The van der Waals surface area contributed by atoms with Gasteiger partial charge in [-0.3, -0.25) is 4.79 Å². The highest BCUT2D eigenvalue weighted by Gasteiger charge is 2.44. The Morgan fingerprint density at radius 1 is 0.900 bits per heavy atom. The van der Waals surface area contributed by atoms with Crippen LogP contribution in [0, 0.1) is 0 Å². The Morgan fingerprint density at radius 2 is 1.60 bits per heavy atom. The van der Waals surface area contributed by atoms with Crippen LogP contribution < -0.4 is 15.7 Å². The number of phenolic OH excluding ortho intramolecular Hbond substituents is 1. The van der Waals surface area contributed by atoms with Gasteiger partial charge in [0.15, 0.2) is 6.10 Å². The predicted molar refractivity (Wildman–Crippen MR) is 112 cm³/mol. The number of phenols is 1. The van der Waals surface area contributed by atoms with Gasteiger partial charge in [-0.2, -0.15) is 0 Å². The van der Waals surface area contributed by atoms with E-state index in [4.69, 9.17) is 9.15 Å². The molecule has 0 spiro atoms. The number of carbonyl (C=O) groups excluding carboxylic acids is 1. The van der Waals surface area contributed by atoms with Crippen molar-refractivity contribution in [2.24, 2.45) is 0 Å². The SMILES string of the molecule is O=C(Nc1ccccc1)[C@@H]1Oc2c(c(=O)oc3ccccc23)[C@H]1c1ccc(O)cc1. The van der Waals surface area contributed by atoms with Crippen LogP contribution in [0.5, 0.6) is 11.5 Å². The first-order valence-corrected chi connectivity index (χ1v) is 9.49. The largest absolute Gasteiger partial charge is 0.508 e. The number of anilines is 1. The lowest BCUT2D eigenvalue weighted by molar-refractivity contribution is -0.122. The van der Waals surface area contributed by atoms with E-state index in [-0.39, 0.29) is 11.7 Å². The molecular weight excluding hydrogens is 382 g/mol. The molecule has 2 N–H and O–H groups in total. The third-order valence-corrected chi connectivity index (χ3v) is 5.21. The molecule has 5 rings (SSSR count). The quantitative estimate of drug-likeness (QED) is 0.508. The van der Waals surface area contributed by atoms with Crippen LogP contribution in [0.25, 0.3) is 11.0 Å². The van der Waals surface area contributed by atoms with Crippen molar-refractivity contribution in [3.8, 4) is 11.5 Å². The molecule has 0 saturated carbocycles. The van der Waals surface area contributed by atoms with E-state index in [0.29, 0.717) is 33.5 Å². The van der Waals surface area contributed by atoms with E-state index in [9.17, 15) is 14.7 Å². The summed E-state index contributed by atoms with van der Waals surface area (Å²) in [7, 11) is 0. The lowest BCUT2D eigenvalue weighted by Crippen LogP contribution is -2.35. The number of para-hydroxylation sites is 2. The molecule has 1 aliphatic heterocycles. The summed E-state index contributed by atoms with van der Waals surface area (Å²) < 4.78 is 11.6. The summed E-state index contributed by atoms with van der Waals surface area (Å²) in [6.45, 7) is 0. The minimum absolute atomic E-state index is 0.0914. The molecular formula is C24H17NO5. The fraction of sp³-hybridized carbons (Fsp3) is 0.0833. The standard InChI is InChI=1S/C24H17NO5/c26-16-12-10-14(11-13-16)19-20-21(17-8-4-5-9-18(17)29-24(20)28)30-22(19)23(27)25-15-6-2-1-3-7-15/h1-13,19,22,26H,(H,25,27)/t19-,22-/m1/s1. The van der Waals surface area contributed by atoms with Crippen LogP contribution in [0.4, 0.5) is 5.69 Å². The average molecular weight is 399 g/mol. The van der Waals surface area contributed by atoms with Gasteiger partial charge in [-0.05, 0) is 42.0 Å². The molecule has 0 fully saturated rings. The van der Waals surface area contributed by atoms with Gasteiger partial charge in [-0.25, -0.2) is 4.79 Å². The van der Waals surface area contributed by atoms with E-state index in [1.165, 1.54) is 12.1 Å². The van der Waals surface area contributed by atoms with Crippen molar-refractivity contribution in [1.29, 1.82) is 0 Å². The second-order valence-electron chi connectivity index (χ2n) is 7.09. The van der Waals surface area contributed by atoms with Crippen molar-refractivity contribution < 1.29 is 19.1 Å². The number of ether oxygens (including phenoxy) is 1. The highest BCUT2D eigenvalue weighted by atomic mass is 16.5. The molecule has 2 atom stereocenters. The maximum atomic E-state index is 13.2. The molecule has 0 bridgehead atoms. The van der Waals surface area contributed by atoms with Crippen molar-refractivity contribution in [1.82, 2.24) is 0 Å². The van der Waals surface area contributed by atoms with Crippen LogP contribution in [0.2, 0.25) is 0 Å². The molecule has 148 valence electrons. The van der Waals surface area contributed by atoms with E-state index in [2.05, 4.69) is 5.32 Å². The first kappa shape index (κ1) is 18.0. The van der Waals surface area contributed by atoms with E-state index in [0.717, 1.165) is 0 Å². The highest BCUT2D eigenvalue weighted by molar-refractivity contribution is 5.97. The van der Waals surface area contributed by atoms with Crippen LogP contribution in [0.3, 0.4) is 0 Å². The van der Waals surface area contributed by atoms with Gasteiger partial charge in [0.1, 0.15) is 17.1 Å². The summed E-state index contributed by atoms with van der Waals surface area (Å²) in [4.78, 5) is 26.0. The number of benzene rings is 3. The van der Waals surface area contributed by atoms with E-state index in [1.54, 1.807) is 42.5 Å². The maximum Gasteiger partial charge on any atom is 0.344 e. The van der Waals surface area contributed by atoms with E-state index >= 15 is 0 Å². The zero-order valence-electron chi connectivity index (χ0n) is 15.7. The van der Waals surface area contributed by atoms with Gasteiger partial charge < -0.3 is 19.6 Å². The molecule has 0 radical (unpaired) electrons. The van der Waals surface area contributed by atoms with Gasteiger partial charge in [-0.1, -0.05) is 42.5 Å². The highest BCUT2D eigenvalue weighted by Crippen LogP contribution is 2.44. The third-order valence-electron chi connectivity index (χ3n) is 5.21. The Labute approximate surface area is 171 Å². The molecule has 1 aromatic heterocycles. The number of carbonyl (C=O) groups is 1. The molecule has 0 unspecified atom stereocenters. The maximum absolute atomic E-state index is 13.2. The van der Waals surface area contributed by atoms with Crippen molar-refractivity contribution in [2.75, 3.05) is 5.32 Å². The molecule has 6 heteroatoms. The third kappa shape index (κ3) is 2.99. The number of nitrogens with one attached hydrogen (secondary N) is 1. The molecule has 1 amide bonds. The van der Waals surface area contributed by atoms with Crippen molar-refractivity contribution in [2.45, 2.75) is 12.0 Å². The van der Waals surface area contributed by atoms with E-state index in [1.807, 2.05) is 24.3 Å². The fourth-order valence-electron chi connectivity index (χ4n) is 3.84. The molecule has 1 aliphatic rings. The van der Waals surface area contributed by atoms with Gasteiger partial charge in [0, 0.05) is 5.69 Å². The first-order chi connectivity index (χ1) is 14.6. The van der Waals surface area contributed by atoms with Crippen molar-refractivity contribution in [3.05, 3.63) is 100 Å². The summed E-state index contributed by atoms with van der Waals surface area (Å²) in [5.41, 5.74) is 1.45. The number of rotatable bonds is 3. The summed E-state index contributed by atoms with van der Waals surface area (Å²) >= 11 is 0. The lowest BCUT2D eigenvalue weighted by Gasteiger charge is -2.18. The summed E-state index contributed by atoms with van der Waals surface area (Å²) in [6.07, 6.45) is -0.974. The number of hydrogen-bond acceptors (Lipinski definition) is 5. The Bertz CT molecular complexity index is 1290. The predicted octanol–water partition coefficient (Wildman–Crippen LogP) is 4.03. The van der Waals surface area contributed by atoms with Gasteiger partial charge in [0.25, 0.3) is 5.91 Å². The Hall–Kier alpha value is -4.06. The molecule has 4 aromatic rings. The number of amides is 1. The first-order valence-electron chi connectivity index (χ1n) is 9.49. The van der Waals surface area contributed by atoms with Crippen LogP contribution >= 0.6 is 0 Å². The lowest BCUT2D eigenvalue weighted by atomic mass is 9.88. The normalized spacial score (nSPS) is 17.3. The second-order valence-corrected chi connectivity index (χ2v) is 7.09. The smallest absolute Gasteiger partial charge is 0.344 e. The van der Waals surface area contributed by atoms with Gasteiger partial charge >= 0.3 is 5.63 Å². The van der Waals surface area contributed by atoms with Crippen LogP contribution in [-0.2, 0) is 4.79 Å². The zero-order valence-corrected chi connectivity index (χ0v) is 15.7. The summed E-state index contributed by atoms with van der Waals surface area (Å²) in [6, 6.07) is 22.5. The Kier molecular flexibility index (Phi) is 4.25. The molecule has 3 aromatic carbocycles. The Morgan fingerprint density at radius 3 is 2.37 bits per heavy atom. The van der Waals surface area contributed by atoms with Crippen LogP contribution in [-0.4, -0.2) is 17.1 Å². The van der Waals surface area contributed by atoms with Crippen molar-refractivity contribution in [3.63, 3.8) is 0 Å². The molecule has 0 saturated heterocycles. The topological polar surface area (TPSA) is 88.8 Å². The van der Waals surface area contributed by atoms with E-state index < -0.39 is 17.6 Å². The fourth-order valence-corrected chi connectivity index (χ4v) is 3.84. The minimum atomic E-state index is -0.974. The van der Waals surface area contributed by atoms with Crippen LogP contribution in [0.1, 0.15) is 17.0 Å². The molecule has 30 heavy (non-hydrogen) atoms. The minimum Gasteiger partial charge on any atom is -0.508 e. The molecule has 0 aliphatic carbocycles. The number of aromatic hydroxyl groups is 1. The number of hydrogen-bond donors (Lipinski definition) is 2. The zero-order chi connectivity index (χ0) is 20.7. The van der Waals surface area contributed by atoms with Crippen molar-refractivity contribution >= 4 is 22.6 Å². The average Bonchev–Trinajstić information content (AvgIpc) is 3.17. The van der Waals surface area contributed by atoms with Gasteiger partial charge in [-0.15, -0.1) is 0 Å². The summed E-state index contributed by atoms with van der Waals surface area (Å²) in [5.74, 6) is -0.606. The van der Waals surface area contributed by atoms with Gasteiger partial charge in [0.2, 0.25) is 0 Å². The second kappa shape index (κ2) is 7.08. The summed E-state index contributed by atoms with van der Waals surface area (Å²) in [5, 5.41) is 13.2. The monoisotopic (exact) mass is 399 g/mol. The number of fused-ring (bicyclic) bond motifs is 3. The molecule has 6 nitrogen and oxygen atoms in total. The van der Waals surface area contributed by atoms with Gasteiger partial charge in [0.05, 0.1) is 16.9 Å². The molecule has 2 heterocycles.